The van der Waals surface area contributed by atoms with Crippen LogP contribution in [0.2, 0.25) is 0 Å². The third-order valence-electron chi connectivity index (χ3n) is 5.11. The van der Waals surface area contributed by atoms with Crippen molar-refractivity contribution in [1.29, 1.82) is 0 Å². The highest BCUT2D eigenvalue weighted by atomic mass is 16.6. The summed E-state index contributed by atoms with van der Waals surface area (Å²) in [6.45, 7) is 0.249. The van der Waals surface area contributed by atoms with E-state index in [1.165, 1.54) is 12.1 Å². The van der Waals surface area contributed by atoms with Crippen LogP contribution < -0.4 is 27.4 Å². The molecule has 0 unspecified atom stereocenters. The summed E-state index contributed by atoms with van der Waals surface area (Å²) in [6, 6.07) is 3.71. The molecular formula is C17H30N6O8. The van der Waals surface area contributed by atoms with Gasteiger partial charge in [-0.3, -0.25) is 16.0 Å². The normalized spacial score (nSPS) is 28.3. The first-order chi connectivity index (χ1) is 14.7. The number of nitrogens with one attached hydrogen (secondary N) is 4. The van der Waals surface area contributed by atoms with Crippen LogP contribution >= 0.6 is 0 Å². The maximum Gasteiger partial charge on any atom is 0.294 e. The molecule has 176 valence electrons. The fourth-order valence-electron chi connectivity index (χ4n) is 3.39. The molecule has 31 heavy (non-hydrogen) atoms. The Balaban J connectivity index is 1.73. The summed E-state index contributed by atoms with van der Waals surface area (Å²) in [5.74, 6) is 5.12. The molecule has 0 heterocycles. The summed E-state index contributed by atoms with van der Waals surface area (Å²) in [5.41, 5.74) is 3.44. The van der Waals surface area contributed by atoms with Crippen LogP contribution in [0.25, 0.3) is 0 Å². The Labute approximate surface area is 178 Å². The van der Waals surface area contributed by atoms with Gasteiger partial charge in [0.15, 0.2) is 0 Å². The standard InChI is InChI=1S/C17H30N6O8/c18-22-21-10-1-2-11(13(7-10)23(29)30)19-3-5-31-6-4-20-12-8-17(28,9-24)16(27)15(26)14(12)25/h1-2,7,12,14-16,19-22,24-28H,3-6,8-9,18H2/t12-,14-,15+,16-,17-/m0/s1. The van der Waals surface area contributed by atoms with Crippen LogP contribution in [0, 0.1) is 10.1 Å². The summed E-state index contributed by atoms with van der Waals surface area (Å²) in [4.78, 5) is 10.7. The van der Waals surface area contributed by atoms with Crippen LogP contribution in [-0.2, 0) is 4.74 Å². The molecule has 0 aromatic heterocycles. The number of aliphatic hydroxyl groups excluding tert-OH is 4. The lowest BCUT2D eigenvalue weighted by Crippen LogP contribution is -2.67. The van der Waals surface area contributed by atoms with Crippen molar-refractivity contribution in [2.24, 2.45) is 5.84 Å². The smallest absolute Gasteiger partial charge is 0.294 e. The quantitative estimate of drug-likeness (QED) is 0.0668. The maximum atomic E-state index is 11.2. The fraction of sp³-hybridized carbons (Fsp3) is 0.647. The van der Waals surface area contributed by atoms with Crippen LogP contribution in [0.3, 0.4) is 0 Å². The second-order valence-electron chi connectivity index (χ2n) is 7.25. The van der Waals surface area contributed by atoms with Crippen LogP contribution in [0.4, 0.5) is 17.1 Å². The first kappa shape index (κ1) is 25.1. The molecule has 11 N–H and O–H groups in total. The number of anilines is 2. The molecule has 0 spiro atoms. The van der Waals surface area contributed by atoms with Gasteiger partial charge in [0.25, 0.3) is 5.69 Å². The minimum absolute atomic E-state index is 0.134. The van der Waals surface area contributed by atoms with E-state index in [4.69, 9.17) is 10.6 Å². The SMILES string of the molecule is NNNc1ccc(NCCOCCN[C@H]2C[C@](O)(CO)[C@@H](O)[C@H](O)[C@H]2O)c([N+](=O)[O-])c1. The van der Waals surface area contributed by atoms with Gasteiger partial charge >= 0.3 is 0 Å². The fourth-order valence-corrected chi connectivity index (χ4v) is 3.39. The van der Waals surface area contributed by atoms with Gasteiger partial charge in [-0.25, -0.2) is 0 Å². The molecule has 5 atom stereocenters. The number of hydrazine groups is 2. The van der Waals surface area contributed by atoms with Crippen LogP contribution in [-0.4, -0.2) is 93.3 Å². The second-order valence-corrected chi connectivity index (χ2v) is 7.25. The monoisotopic (exact) mass is 446 g/mol. The zero-order valence-corrected chi connectivity index (χ0v) is 16.8. The minimum atomic E-state index is -1.92. The third-order valence-corrected chi connectivity index (χ3v) is 5.11. The number of nitro groups is 1. The van der Waals surface area contributed by atoms with Crippen molar-refractivity contribution in [2.45, 2.75) is 36.4 Å². The van der Waals surface area contributed by atoms with E-state index < -0.39 is 41.5 Å². The number of nitrogens with zero attached hydrogens (tertiary/aromatic N) is 1. The molecule has 1 aliphatic rings. The summed E-state index contributed by atoms with van der Waals surface area (Å²) >= 11 is 0. The highest BCUT2D eigenvalue weighted by Crippen LogP contribution is 2.29. The molecule has 0 aliphatic heterocycles. The number of nitro benzene ring substituents is 1. The van der Waals surface area contributed by atoms with Crippen molar-refractivity contribution in [3.8, 4) is 0 Å². The average molecular weight is 446 g/mol. The largest absolute Gasteiger partial charge is 0.393 e. The molecule has 0 bridgehead atoms. The zero-order valence-electron chi connectivity index (χ0n) is 16.8. The summed E-state index contributed by atoms with van der Waals surface area (Å²) in [7, 11) is 0. The van der Waals surface area contributed by atoms with Gasteiger partial charge in [0, 0.05) is 25.2 Å². The highest BCUT2D eigenvalue weighted by Gasteiger charge is 2.50. The van der Waals surface area contributed by atoms with E-state index in [0.29, 0.717) is 17.9 Å². The molecule has 0 radical (unpaired) electrons. The van der Waals surface area contributed by atoms with Gasteiger partial charge in [-0.15, -0.1) is 0 Å². The van der Waals surface area contributed by atoms with Gasteiger partial charge in [-0.05, 0) is 18.6 Å². The number of benzene rings is 1. The van der Waals surface area contributed by atoms with E-state index in [1.54, 1.807) is 6.07 Å². The Morgan fingerprint density at radius 2 is 1.94 bits per heavy atom. The number of hydrogen-bond acceptors (Lipinski definition) is 13. The Morgan fingerprint density at radius 1 is 1.23 bits per heavy atom. The van der Waals surface area contributed by atoms with Crippen molar-refractivity contribution in [2.75, 3.05) is 43.7 Å². The molecule has 1 saturated carbocycles. The van der Waals surface area contributed by atoms with Crippen molar-refractivity contribution in [3.63, 3.8) is 0 Å². The second kappa shape index (κ2) is 11.5. The van der Waals surface area contributed by atoms with E-state index in [-0.39, 0.29) is 31.9 Å². The number of aliphatic hydroxyl groups is 5. The zero-order chi connectivity index (χ0) is 23.0. The van der Waals surface area contributed by atoms with Crippen LogP contribution in [0.1, 0.15) is 6.42 Å². The van der Waals surface area contributed by atoms with Gasteiger partial charge in [-0.1, -0.05) is 0 Å². The Hall–Kier alpha value is -2.14. The Kier molecular flexibility index (Phi) is 9.30. The molecule has 2 rings (SSSR count). The van der Waals surface area contributed by atoms with Gasteiger partial charge in [-0.2, -0.15) is 5.53 Å². The Bertz CT molecular complexity index is 728. The van der Waals surface area contributed by atoms with Gasteiger partial charge in [0.1, 0.15) is 23.5 Å². The summed E-state index contributed by atoms with van der Waals surface area (Å²) < 4.78 is 5.43. The van der Waals surface area contributed by atoms with E-state index >= 15 is 0 Å². The van der Waals surface area contributed by atoms with Crippen molar-refractivity contribution >= 4 is 17.1 Å². The first-order valence-electron chi connectivity index (χ1n) is 9.66. The molecule has 14 nitrogen and oxygen atoms in total. The van der Waals surface area contributed by atoms with E-state index in [1.807, 2.05) is 0 Å². The molecule has 0 saturated heterocycles. The topological polar surface area (TPSA) is 228 Å². The number of rotatable bonds is 12. The summed E-state index contributed by atoms with van der Waals surface area (Å²) in [6.07, 6.45) is -4.74. The summed E-state index contributed by atoms with van der Waals surface area (Å²) in [5, 5.41) is 66.2. The van der Waals surface area contributed by atoms with Gasteiger partial charge in [0.05, 0.1) is 36.5 Å². The lowest BCUT2D eigenvalue weighted by Gasteiger charge is -2.45. The molecule has 1 aliphatic carbocycles. The minimum Gasteiger partial charge on any atom is -0.393 e. The van der Waals surface area contributed by atoms with Crippen molar-refractivity contribution in [1.82, 2.24) is 10.9 Å². The average Bonchev–Trinajstić information content (AvgIpc) is 2.75. The van der Waals surface area contributed by atoms with E-state index in [0.717, 1.165) is 0 Å². The van der Waals surface area contributed by atoms with E-state index in [9.17, 15) is 35.6 Å². The third kappa shape index (κ3) is 6.42. The Morgan fingerprint density at radius 3 is 2.58 bits per heavy atom. The number of nitrogens with two attached hydrogens (primary N) is 1. The number of hydrogen-bond donors (Lipinski definition) is 10. The van der Waals surface area contributed by atoms with E-state index in [2.05, 4.69) is 21.6 Å². The van der Waals surface area contributed by atoms with Crippen LogP contribution in [0.15, 0.2) is 18.2 Å². The molecule has 1 aromatic carbocycles. The van der Waals surface area contributed by atoms with Gasteiger partial charge < -0.3 is 46.3 Å². The lowest BCUT2D eigenvalue weighted by atomic mass is 9.76. The highest BCUT2D eigenvalue weighted by molar-refractivity contribution is 5.67. The van der Waals surface area contributed by atoms with Gasteiger partial charge in [0.2, 0.25) is 0 Å². The van der Waals surface area contributed by atoms with Crippen LogP contribution in [0.5, 0.6) is 0 Å². The molecule has 1 aromatic rings. The maximum absolute atomic E-state index is 11.2. The molecule has 1 fully saturated rings. The molecular weight excluding hydrogens is 416 g/mol. The first-order valence-corrected chi connectivity index (χ1v) is 9.66. The molecule has 14 heteroatoms. The van der Waals surface area contributed by atoms with Crippen molar-refractivity contribution in [3.05, 3.63) is 28.3 Å². The predicted molar refractivity (Wildman–Crippen MR) is 110 cm³/mol. The lowest BCUT2D eigenvalue weighted by molar-refractivity contribution is -0.383. The predicted octanol–water partition coefficient (Wildman–Crippen LogP) is -3.02. The van der Waals surface area contributed by atoms with Crippen molar-refractivity contribution < 1.29 is 35.2 Å². The number of ether oxygens (including phenoxy) is 1. The molecule has 0 amide bonds.